The lowest BCUT2D eigenvalue weighted by Crippen LogP contribution is -2.13. The Labute approximate surface area is 125 Å². The molecule has 0 spiro atoms. The van der Waals surface area contributed by atoms with Gasteiger partial charge in [-0.25, -0.2) is 0 Å². The molecule has 0 saturated carbocycles. The number of nitrogens with two attached hydrogens (primary N) is 2. The van der Waals surface area contributed by atoms with E-state index in [-0.39, 0.29) is 0 Å². The lowest BCUT2D eigenvalue weighted by Gasteiger charge is -2.18. The summed E-state index contributed by atoms with van der Waals surface area (Å²) >= 11 is 0. The fourth-order valence-corrected chi connectivity index (χ4v) is 2.33. The molecule has 5 N–H and O–H groups in total. The SMILES string of the molecule is Cc1cccc(C(C)C)c1Nc1ccc(N)c(C(N)=O)c1. The Morgan fingerprint density at radius 1 is 1.19 bits per heavy atom. The van der Waals surface area contributed by atoms with Crippen molar-refractivity contribution in [2.75, 3.05) is 11.1 Å². The molecule has 110 valence electrons. The van der Waals surface area contributed by atoms with E-state index in [1.807, 2.05) is 12.1 Å². The third-order valence-electron chi connectivity index (χ3n) is 3.52. The Balaban J connectivity index is 2.43. The molecule has 0 aliphatic carbocycles. The van der Waals surface area contributed by atoms with E-state index < -0.39 is 5.91 Å². The van der Waals surface area contributed by atoms with Crippen molar-refractivity contribution in [1.29, 1.82) is 0 Å². The van der Waals surface area contributed by atoms with Crippen LogP contribution in [0.5, 0.6) is 0 Å². The third kappa shape index (κ3) is 3.16. The minimum absolute atomic E-state index is 0.333. The van der Waals surface area contributed by atoms with Crippen LogP contribution in [-0.4, -0.2) is 5.91 Å². The van der Waals surface area contributed by atoms with Gasteiger partial charge in [-0.15, -0.1) is 0 Å². The monoisotopic (exact) mass is 283 g/mol. The van der Waals surface area contributed by atoms with Gasteiger partial charge in [-0.2, -0.15) is 0 Å². The number of nitrogen functional groups attached to an aromatic ring is 1. The van der Waals surface area contributed by atoms with Crippen molar-refractivity contribution < 1.29 is 4.79 Å². The maximum absolute atomic E-state index is 11.4. The molecule has 4 heteroatoms. The number of aryl methyl sites for hydroxylation is 1. The number of amides is 1. The highest BCUT2D eigenvalue weighted by Crippen LogP contribution is 2.31. The first-order chi connectivity index (χ1) is 9.90. The van der Waals surface area contributed by atoms with Crippen molar-refractivity contribution in [3.05, 3.63) is 53.1 Å². The number of benzene rings is 2. The van der Waals surface area contributed by atoms with Crippen LogP contribution in [-0.2, 0) is 0 Å². The Hall–Kier alpha value is -2.49. The average molecular weight is 283 g/mol. The number of hydrogen-bond donors (Lipinski definition) is 3. The second-order valence-electron chi connectivity index (χ2n) is 5.49. The number of primary amides is 1. The van der Waals surface area contributed by atoms with Gasteiger partial charge in [0.25, 0.3) is 5.91 Å². The number of rotatable bonds is 4. The van der Waals surface area contributed by atoms with E-state index in [4.69, 9.17) is 11.5 Å². The summed E-state index contributed by atoms with van der Waals surface area (Å²) in [6.45, 7) is 6.36. The van der Waals surface area contributed by atoms with Crippen LogP contribution in [0.3, 0.4) is 0 Å². The zero-order chi connectivity index (χ0) is 15.6. The molecule has 4 nitrogen and oxygen atoms in total. The molecule has 2 aromatic rings. The van der Waals surface area contributed by atoms with Gasteiger partial charge in [0.15, 0.2) is 0 Å². The highest BCUT2D eigenvalue weighted by molar-refractivity contribution is 5.99. The second-order valence-corrected chi connectivity index (χ2v) is 5.49. The van der Waals surface area contributed by atoms with Gasteiger partial charge in [-0.1, -0.05) is 32.0 Å². The Morgan fingerprint density at radius 3 is 2.52 bits per heavy atom. The molecule has 0 bridgehead atoms. The molecular weight excluding hydrogens is 262 g/mol. The summed E-state index contributed by atoms with van der Waals surface area (Å²) in [6, 6.07) is 11.4. The number of para-hydroxylation sites is 1. The molecule has 0 saturated heterocycles. The fraction of sp³-hybridized carbons (Fsp3) is 0.235. The van der Waals surface area contributed by atoms with Gasteiger partial charge in [0.1, 0.15) is 0 Å². The van der Waals surface area contributed by atoms with Gasteiger partial charge in [-0.3, -0.25) is 4.79 Å². The van der Waals surface area contributed by atoms with Crippen molar-refractivity contribution in [3.63, 3.8) is 0 Å². The lowest BCUT2D eigenvalue weighted by atomic mass is 9.98. The summed E-state index contributed by atoms with van der Waals surface area (Å²) in [4.78, 5) is 11.4. The topological polar surface area (TPSA) is 81.1 Å². The van der Waals surface area contributed by atoms with Crippen LogP contribution in [0.1, 0.15) is 41.3 Å². The van der Waals surface area contributed by atoms with Crippen LogP contribution in [0.2, 0.25) is 0 Å². The van der Waals surface area contributed by atoms with Crippen LogP contribution in [0.4, 0.5) is 17.1 Å². The van der Waals surface area contributed by atoms with Gasteiger partial charge >= 0.3 is 0 Å². The summed E-state index contributed by atoms with van der Waals surface area (Å²) in [5.74, 6) is -0.123. The van der Waals surface area contributed by atoms with Crippen LogP contribution >= 0.6 is 0 Å². The van der Waals surface area contributed by atoms with Crippen LogP contribution in [0.15, 0.2) is 36.4 Å². The van der Waals surface area contributed by atoms with Gasteiger partial charge in [-0.05, 0) is 42.2 Å². The highest BCUT2D eigenvalue weighted by atomic mass is 16.1. The second kappa shape index (κ2) is 5.87. The highest BCUT2D eigenvalue weighted by Gasteiger charge is 2.11. The van der Waals surface area contributed by atoms with Crippen LogP contribution in [0.25, 0.3) is 0 Å². The molecular formula is C17H21N3O. The van der Waals surface area contributed by atoms with Gasteiger partial charge < -0.3 is 16.8 Å². The molecule has 0 radical (unpaired) electrons. The molecule has 0 atom stereocenters. The fourth-order valence-electron chi connectivity index (χ4n) is 2.33. The number of carbonyl (C=O) groups is 1. The maximum atomic E-state index is 11.4. The molecule has 0 fully saturated rings. The van der Waals surface area contributed by atoms with E-state index in [0.29, 0.717) is 17.2 Å². The van der Waals surface area contributed by atoms with E-state index in [1.165, 1.54) is 5.56 Å². The van der Waals surface area contributed by atoms with E-state index in [2.05, 4.69) is 38.2 Å². The Kier molecular flexibility index (Phi) is 4.17. The van der Waals surface area contributed by atoms with Crippen molar-refractivity contribution in [3.8, 4) is 0 Å². The van der Waals surface area contributed by atoms with E-state index in [1.54, 1.807) is 12.1 Å². The van der Waals surface area contributed by atoms with Crippen molar-refractivity contribution in [2.24, 2.45) is 5.73 Å². The smallest absolute Gasteiger partial charge is 0.250 e. The maximum Gasteiger partial charge on any atom is 0.250 e. The van der Waals surface area contributed by atoms with Gasteiger partial charge in [0.2, 0.25) is 0 Å². The summed E-state index contributed by atoms with van der Waals surface area (Å²) in [6.07, 6.45) is 0. The largest absolute Gasteiger partial charge is 0.398 e. The van der Waals surface area contributed by atoms with E-state index >= 15 is 0 Å². The standard InChI is InChI=1S/C17H21N3O/c1-10(2)13-6-4-5-11(3)16(13)20-12-7-8-15(18)14(9-12)17(19)21/h4-10,20H,18H2,1-3H3,(H2,19,21). The predicted molar refractivity (Wildman–Crippen MR) is 87.9 cm³/mol. The Bertz CT molecular complexity index is 678. The number of carbonyl (C=O) groups excluding carboxylic acids is 1. The normalized spacial score (nSPS) is 10.7. The first kappa shape index (κ1) is 14.9. The van der Waals surface area contributed by atoms with Gasteiger partial charge in [0.05, 0.1) is 5.56 Å². The molecule has 0 aliphatic heterocycles. The minimum Gasteiger partial charge on any atom is -0.398 e. The Morgan fingerprint density at radius 2 is 1.90 bits per heavy atom. The molecule has 21 heavy (non-hydrogen) atoms. The predicted octanol–water partition coefficient (Wildman–Crippen LogP) is 3.54. The minimum atomic E-state index is -0.523. The average Bonchev–Trinajstić information content (AvgIpc) is 2.42. The van der Waals surface area contributed by atoms with E-state index in [0.717, 1.165) is 16.9 Å². The van der Waals surface area contributed by atoms with E-state index in [9.17, 15) is 4.79 Å². The number of hydrogen-bond acceptors (Lipinski definition) is 3. The number of anilines is 3. The van der Waals surface area contributed by atoms with Crippen LogP contribution < -0.4 is 16.8 Å². The first-order valence-electron chi connectivity index (χ1n) is 6.96. The quantitative estimate of drug-likeness (QED) is 0.751. The number of nitrogens with one attached hydrogen (secondary N) is 1. The summed E-state index contributed by atoms with van der Waals surface area (Å²) < 4.78 is 0. The van der Waals surface area contributed by atoms with Crippen molar-refractivity contribution in [1.82, 2.24) is 0 Å². The molecule has 2 rings (SSSR count). The zero-order valence-corrected chi connectivity index (χ0v) is 12.6. The molecule has 1 amide bonds. The summed E-state index contributed by atoms with van der Waals surface area (Å²) in [5.41, 5.74) is 16.1. The first-order valence-corrected chi connectivity index (χ1v) is 6.96. The zero-order valence-electron chi connectivity index (χ0n) is 12.6. The molecule has 2 aromatic carbocycles. The summed E-state index contributed by atoms with van der Waals surface area (Å²) in [7, 11) is 0. The molecule has 0 aromatic heterocycles. The lowest BCUT2D eigenvalue weighted by molar-refractivity contribution is 0.100. The summed E-state index contributed by atoms with van der Waals surface area (Å²) in [5, 5.41) is 3.38. The van der Waals surface area contributed by atoms with Gasteiger partial charge in [0, 0.05) is 17.1 Å². The third-order valence-corrected chi connectivity index (χ3v) is 3.52. The van der Waals surface area contributed by atoms with Crippen molar-refractivity contribution >= 4 is 23.0 Å². The molecule has 0 unspecified atom stereocenters. The van der Waals surface area contributed by atoms with Crippen LogP contribution in [0, 0.1) is 6.92 Å². The molecule has 0 aliphatic rings. The van der Waals surface area contributed by atoms with Crippen molar-refractivity contribution in [2.45, 2.75) is 26.7 Å². The molecule has 0 heterocycles.